The molecular weight excluding hydrogens is 288 g/mol. The Bertz CT molecular complexity index is 672. The first-order valence-electron chi connectivity index (χ1n) is 7.77. The molecule has 0 aliphatic heterocycles. The number of hydrogen-bond donors (Lipinski definition) is 2. The number of aromatic nitrogens is 2. The van der Waals surface area contributed by atoms with Crippen LogP contribution in [0.1, 0.15) is 56.6 Å². The second-order valence-corrected chi connectivity index (χ2v) is 6.87. The fraction of sp³-hybridized carbons (Fsp3) is 0.389. The lowest BCUT2D eigenvalue weighted by molar-refractivity contribution is 0.102. The Morgan fingerprint density at radius 3 is 2.30 bits per heavy atom. The van der Waals surface area contributed by atoms with Crippen LogP contribution in [0.3, 0.4) is 0 Å². The van der Waals surface area contributed by atoms with Crippen LogP contribution in [0.15, 0.2) is 36.5 Å². The van der Waals surface area contributed by atoms with Crippen molar-refractivity contribution in [3.05, 3.63) is 47.8 Å². The van der Waals surface area contributed by atoms with Gasteiger partial charge in [0.05, 0.1) is 0 Å². The predicted molar refractivity (Wildman–Crippen MR) is 93.9 cm³/mol. The summed E-state index contributed by atoms with van der Waals surface area (Å²) in [5.74, 6) is 0.662. The van der Waals surface area contributed by atoms with Crippen molar-refractivity contribution >= 4 is 17.5 Å². The van der Waals surface area contributed by atoms with E-state index in [2.05, 4.69) is 34.4 Å². The Hall–Kier alpha value is -2.43. The molecule has 1 amide bonds. The Balaban J connectivity index is 2.10. The van der Waals surface area contributed by atoms with Crippen LogP contribution in [0.4, 0.5) is 11.6 Å². The zero-order valence-corrected chi connectivity index (χ0v) is 14.3. The summed E-state index contributed by atoms with van der Waals surface area (Å²) < 4.78 is 0. The molecule has 0 spiro atoms. The van der Waals surface area contributed by atoms with Gasteiger partial charge >= 0.3 is 0 Å². The monoisotopic (exact) mass is 312 g/mol. The summed E-state index contributed by atoms with van der Waals surface area (Å²) in [6.45, 7) is 10.3. The van der Waals surface area contributed by atoms with Gasteiger partial charge in [-0.05, 0) is 50.5 Å². The molecule has 2 rings (SSSR count). The van der Waals surface area contributed by atoms with Crippen LogP contribution >= 0.6 is 0 Å². The maximum absolute atomic E-state index is 12.3. The van der Waals surface area contributed by atoms with Crippen LogP contribution in [0.5, 0.6) is 0 Å². The molecule has 5 heteroatoms. The summed E-state index contributed by atoms with van der Waals surface area (Å²) in [6, 6.07) is 9.46. The maximum Gasteiger partial charge on any atom is 0.274 e. The molecule has 0 aliphatic rings. The molecule has 0 fully saturated rings. The molecule has 0 radical (unpaired) electrons. The molecule has 2 N–H and O–H groups in total. The Morgan fingerprint density at radius 1 is 1.09 bits per heavy atom. The van der Waals surface area contributed by atoms with Crippen LogP contribution in [-0.2, 0) is 0 Å². The Labute approximate surface area is 137 Å². The van der Waals surface area contributed by atoms with Crippen molar-refractivity contribution in [3.63, 3.8) is 0 Å². The van der Waals surface area contributed by atoms with E-state index in [9.17, 15) is 4.79 Å². The lowest BCUT2D eigenvalue weighted by Crippen LogP contribution is -2.28. The second-order valence-electron chi connectivity index (χ2n) is 6.87. The van der Waals surface area contributed by atoms with Gasteiger partial charge in [-0.2, -0.15) is 0 Å². The van der Waals surface area contributed by atoms with Crippen molar-refractivity contribution in [2.75, 3.05) is 10.6 Å². The van der Waals surface area contributed by atoms with E-state index in [0.717, 1.165) is 5.69 Å². The van der Waals surface area contributed by atoms with Gasteiger partial charge in [0.15, 0.2) is 0 Å². The smallest absolute Gasteiger partial charge is 0.274 e. The minimum atomic E-state index is -0.248. The molecule has 1 aromatic heterocycles. The second kappa shape index (κ2) is 6.77. The highest BCUT2D eigenvalue weighted by Gasteiger charge is 2.14. The number of carbonyl (C=O) groups excluding carboxylic acids is 1. The number of benzene rings is 1. The van der Waals surface area contributed by atoms with Crippen LogP contribution in [0, 0.1) is 0 Å². The number of anilines is 2. The predicted octanol–water partition coefficient (Wildman–Crippen LogP) is 4.06. The highest BCUT2D eigenvalue weighted by atomic mass is 16.1. The molecule has 0 unspecified atom stereocenters. The highest BCUT2D eigenvalue weighted by molar-refractivity contribution is 6.02. The molecule has 0 atom stereocenters. The number of nitrogens with zero attached hydrogens (tertiary/aromatic N) is 2. The zero-order chi connectivity index (χ0) is 17.0. The third-order valence-electron chi connectivity index (χ3n) is 3.21. The zero-order valence-electron chi connectivity index (χ0n) is 14.3. The lowest BCUT2D eigenvalue weighted by Gasteiger charge is -2.20. The minimum Gasteiger partial charge on any atom is -0.350 e. The Morgan fingerprint density at radius 2 is 1.74 bits per heavy atom. The fourth-order valence-electron chi connectivity index (χ4n) is 2.03. The van der Waals surface area contributed by atoms with E-state index >= 15 is 0 Å². The molecular formula is C18H24N4O. The number of amides is 1. The van der Waals surface area contributed by atoms with E-state index in [1.54, 1.807) is 12.3 Å². The van der Waals surface area contributed by atoms with Gasteiger partial charge in [-0.15, -0.1) is 0 Å². The Kier molecular flexibility index (Phi) is 4.98. The standard InChI is InChI=1S/C18H24N4O/c1-12(2)13-6-8-14(9-7-13)20-16(23)15-10-11-19-17(21-15)22-18(3,4)5/h6-12H,1-5H3,(H,20,23)(H,19,21,22). The van der Waals surface area contributed by atoms with Crippen LogP contribution in [-0.4, -0.2) is 21.4 Å². The van der Waals surface area contributed by atoms with Crippen molar-refractivity contribution in [3.8, 4) is 0 Å². The van der Waals surface area contributed by atoms with E-state index < -0.39 is 0 Å². The third-order valence-corrected chi connectivity index (χ3v) is 3.21. The molecule has 1 heterocycles. The topological polar surface area (TPSA) is 66.9 Å². The summed E-state index contributed by atoms with van der Waals surface area (Å²) >= 11 is 0. The van der Waals surface area contributed by atoms with Crippen molar-refractivity contribution in [2.24, 2.45) is 0 Å². The first-order chi connectivity index (χ1) is 10.7. The molecule has 23 heavy (non-hydrogen) atoms. The molecule has 1 aromatic carbocycles. The van der Waals surface area contributed by atoms with Crippen molar-refractivity contribution in [2.45, 2.75) is 46.1 Å². The molecule has 0 saturated carbocycles. The summed E-state index contributed by atoms with van der Waals surface area (Å²) in [6.07, 6.45) is 1.58. The largest absolute Gasteiger partial charge is 0.350 e. The van der Waals surface area contributed by atoms with Crippen LogP contribution < -0.4 is 10.6 Å². The minimum absolute atomic E-state index is 0.165. The van der Waals surface area contributed by atoms with E-state index in [1.807, 2.05) is 45.0 Å². The van der Waals surface area contributed by atoms with Gasteiger partial charge in [0, 0.05) is 17.4 Å². The molecule has 2 aromatic rings. The van der Waals surface area contributed by atoms with Crippen LogP contribution in [0.25, 0.3) is 0 Å². The van der Waals surface area contributed by atoms with E-state index in [0.29, 0.717) is 17.6 Å². The summed E-state index contributed by atoms with van der Waals surface area (Å²) in [5.41, 5.74) is 2.16. The molecule has 5 nitrogen and oxygen atoms in total. The first-order valence-corrected chi connectivity index (χ1v) is 7.77. The highest BCUT2D eigenvalue weighted by Crippen LogP contribution is 2.17. The van der Waals surface area contributed by atoms with Crippen LogP contribution in [0.2, 0.25) is 0 Å². The number of nitrogens with one attached hydrogen (secondary N) is 2. The van der Waals surface area contributed by atoms with Crippen molar-refractivity contribution < 1.29 is 4.79 Å². The van der Waals surface area contributed by atoms with Gasteiger partial charge in [0.1, 0.15) is 5.69 Å². The lowest BCUT2D eigenvalue weighted by atomic mass is 10.0. The first kappa shape index (κ1) is 16.9. The SMILES string of the molecule is CC(C)c1ccc(NC(=O)c2ccnc(NC(C)(C)C)n2)cc1. The normalized spacial score (nSPS) is 11.4. The van der Waals surface area contributed by atoms with E-state index in [-0.39, 0.29) is 11.4 Å². The third kappa shape index (κ3) is 5.06. The average molecular weight is 312 g/mol. The van der Waals surface area contributed by atoms with E-state index in [1.165, 1.54) is 5.56 Å². The van der Waals surface area contributed by atoms with Crippen molar-refractivity contribution in [1.82, 2.24) is 9.97 Å². The molecule has 0 aliphatic carbocycles. The quantitative estimate of drug-likeness (QED) is 0.893. The summed E-state index contributed by atoms with van der Waals surface area (Å²) in [4.78, 5) is 20.7. The van der Waals surface area contributed by atoms with Gasteiger partial charge in [-0.25, -0.2) is 9.97 Å². The fourth-order valence-corrected chi connectivity index (χ4v) is 2.03. The van der Waals surface area contributed by atoms with Gasteiger partial charge < -0.3 is 10.6 Å². The summed E-state index contributed by atoms with van der Waals surface area (Å²) in [7, 11) is 0. The van der Waals surface area contributed by atoms with Crippen molar-refractivity contribution in [1.29, 1.82) is 0 Å². The van der Waals surface area contributed by atoms with Gasteiger partial charge in [0.25, 0.3) is 5.91 Å². The molecule has 0 bridgehead atoms. The van der Waals surface area contributed by atoms with E-state index in [4.69, 9.17) is 0 Å². The van der Waals surface area contributed by atoms with Gasteiger partial charge in [-0.1, -0.05) is 26.0 Å². The van der Waals surface area contributed by atoms with Gasteiger partial charge in [0.2, 0.25) is 5.95 Å². The molecule has 122 valence electrons. The number of carbonyl (C=O) groups is 1. The number of rotatable bonds is 4. The van der Waals surface area contributed by atoms with Gasteiger partial charge in [-0.3, -0.25) is 4.79 Å². The average Bonchev–Trinajstić information content (AvgIpc) is 2.46. The maximum atomic E-state index is 12.3. The molecule has 0 saturated heterocycles. The number of hydrogen-bond acceptors (Lipinski definition) is 4. The summed E-state index contributed by atoms with van der Waals surface area (Å²) in [5, 5.41) is 6.02.